The third-order valence-corrected chi connectivity index (χ3v) is 3.47. The summed E-state index contributed by atoms with van der Waals surface area (Å²) in [5, 5.41) is 16.9. The molecule has 0 heterocycles. The van der Waals surface area contributed by atoms with E-state index in [1.807, 2.05) is 0 Å². The SMILES string of the molecule is O=S(=O)(O)C1CCCCC1(O)O. The summed E-state index contributed by atoms with van der Waals surface area (Å²) in [6.07, 6.45) is 1.26. The summed E-state index contributed by atoms with van der Waals surface area (Å²) in [5.74, 6) is -2.26. The molecule has 3 N–H and O–H groups in total. The van der Waals surface area contributed by atoms with E-state index in [0.717, 1.165) is 0 Å². The van der Waals surface area contributed by atoms with Gasteiger partial charge in [0, 0.05) is 6.42 Å². The Morgan fingerprint density at radius 1 is 1.25 bits per heavy atom. The lowest BCUT2D eigenvalue weighted by atomic mass is 9.94. The molecule has 0 aromatic rings. The average molecular weight is 196 g/mol. The fourth-order valence-electron chi connectivity index (χ4n) is 1.49. The minimum atomic E-state index is -4.33. The van der Waals surface area contributed by atoms with Crippen LogP contribution in [0.25, 0.3) is 0 Å². The number of hydrogen-bond acceptors (Lipinski definition) is 4. The van der Waals surface area contributed by atoms with Crippen LogP contribution in [0, 0.1) is 0 Å². The third-order valence-electron chi connectivity index (χ3n) is 2.14. The predicted molar refractivity (Wildman–Crippen MR) is 41.0 cm³/mol. The number of rotatable bonds is 1. The van der Waals surface area contributed by atoms with E-state index in [1.165, 1.54) is 0 Å². The lowest BCUT2D eigenvalue weighted by Gasteiger charge is -2.32. The van der Waals surface area contributed by atoms with Crippen molar-refractivity contribution in [2.24, 2.45) is 0 Å². The molecule has 1 saturated carbocycles. The molecule has 0 bridgehead atoms. The lowest BCUT2D eigenvalue weighted by Crippen LogP contribution is -2.48. The first-order valence-electron chi connectivity index (χ1n) is 3.75. The highest BCUT2D eigenvalue weighted by molar-refractivity contribution is 7.86. The van der Waals surface area contributed by atoms with E-state index in [4.69, 9.17) is 4.55 Å². The van der Waals surface area contributed by atoms with Crippen LogP contribution in [-0.4, -0.2) is 34.2 Å². The molecular formula is C6H12O5S. The van der Waals surface area contributed by atoms with Gasteiger partial charge in [-0.2, -0.15) is 8.42 Å². The van der Waals surface area contributed by atoms with Crippen molar-refractivity contribution in [3.8, 4) is 0 Å². The lowest BCUT2D eigenvalue weighted by molar-refractivity contribution is -0.177. The van der Waals surface area contributed by atoms with Crippen LogP contribution in [0.15, 0.2) is 0 Å². The highest BCUT2D eigenvalue weighted by atomic mass is 32.2. The van der Waals surface area contributed by atoms with Crippen molar-refractivity contribution >= 4 is 10.1 Å². The second kappa shape index (κ2) is 2.95. The van der Waals surface area contributed by atoms with E-state index in [-0.39, 0.29) is 12.8 Å². The molecule has 12 heavy (non-hydrogen) atoms. The van der Waals surface area contributed by atoms with E-state index in [2.05, 4.69) is 0 Å². The first-order valence-corrected chi connectivity index (χ1v) is 5.25. The van der Waals surface area contributed by atoms with Gasteiger partial charge in [-0.25, -0.2) is 0 Å². The molecule has 0 aliphatic heterocycles. The van der Waals surface area contributed by atoms with Crippen LogP contribution in [0.3, 0.4) is 0 Å². The summed E-state index contributed by atoms with van der Waals surface area (Å²) in [6, 6.07) is 0. The molecule has 1 unspecified atom stereocenters. The van der Waals surface area contributed by atoms with Gasteiger partial charge in [0.05, 0.1) is 0 Å². The van der Waals surface area contributed by atoms with Gasteiger partial charge in [-0.15, -0.1) is 0 Å². The Morgan fingerprint density at radius 2 is 1.83 bits per heavy atom. The molecule has 1 atom stereocenters. The normalized spacial score (nSPS) is 30.1. The summed E-state index contributed by atoms with van der Waals surface area (Å²) < 4.78 is 29.9. The van der Waals surface area contributed by atoms with E-state index in [0.29, 0.717) is 12.8 Å². The van der Waals surface area contributed by atoms with Gasteiger partial charge in [0.15, 0.2) is 5.79 Å². The van der Waals surface area contributed by atoms with Crippen LogP contribution in [0.5, 0.6) is 0 Å². The average Bonchev–Trinajstić information content (AvgIpc) is 1.83. The fraction of sp³-hybridized carbons (Fsp3) is 1.00. The highest BCUT2D eigenvalue weighted by Gasteiger charge is 2.44. The Labute approximate surface area is 70.8 Å². The van der Waals surface area contributed by atoms with Crippen molar-refractivity contribution in [2.45, 2.75) is 36.7 Å². The van der Waals surface area contributed by atoms with Gasteiger partial charge in [-0.05, 0) is 12.8 Å². The zero-order valence-electron chi connectivity index (χ0n) is 6.47. The van der Waals surface area contributed by atoms with Crippen molar-refractivity contribution in [3.63, 3.8) is 0 Å². The van der Waals surface area contributed by atoms with Crippen molar-refractivity contribution in [2.75, 3.05) is 0 Å². The summed E-state index contributed by atoms with van der Waals surface area (Å²) >= 11 is 0. The van der Waals surface area contributed by atoms with Gasteiger partial charge in [-0.3, -0.25) is 4.55 Å². The molecular weight excluding hydrogens is 184 g/mol. The second-order valence-corrected chi connectivity index (χ2v) is 4.73. The summed E-state index contributed by atoms with van der Waals surface area (Å²) in [7, 11) is -4.33. The number of aliphatic hydroxyl groups is 2. The Hall–Kier alpha value is -0.170. The van der Waals surface area contributed by atoms with Crippen molar-refractivity contribution in [3.05, 3.63) is 0 Å². The topological polar surface area (TPSA) is 94.8 Å². The first kappa shape index (κ1) is 9.91. The van der Waals surface area contributed by atoms with Gasteiger partial charge >= 0.3 is 0 Å². The quantitative estimate of drug-likeness (QED) is 0.388. The maximum Gasteiger partial charge on any atom is 0.273 e. The molecule has 5 nitrogen and oxygen atoms in total. The van der Waals surface area contributed by atoms with Crippen LogP contribution in [0.2, 0.25) is 0 Å². The van der Waals surface area contributed by atoms with Crippen molar-refractivity contribution < 1.29 is 23.2 Å². The van der Waals surface area contributed by atoms with Crippen LogP contribution in [-0.2, 0) is 10.1 Å². The van der Waals surface area contributed by atoms with Crippen molar-refractivity contribution in [1.29, 1.82) is 0 Å². The Morgan fingerprint density at radius 3 is 2.17 bits per heavy atom. The Kier molecular flexibility index (Phi) is 2.44. The first-order chi connectivity index (χ1) is 5.34. The highest BCUT2D eigenvalue weighted by Crippen LogP contribution is 2.30. The summed E-state index contributed by atoms with van der Waals surface area (Å²) in [5.41, 5.74) is 0. The Balaban J connectivity index is 2.88. The van der Waals surface area contributed by atoms with Crippen LogP contribution in [0.4, 0.5) is 0 Å². The Bertz CT molecular complexity index is 255. The molecule has 1 rings (SSSR count). The zero-order valence-corrected chi connectivity index (χ0v) is 7.29. The van der Waals surface area contributed by atoms with Gasteiger partial charge in [0.2, 0.25) is 0 Å². The molecule has 72 valence electrons. The molecule has 1 aliphatic rings. The molecule has 0 aromatic heterocycles. The molecule has 0 spiro atoms. The van der Waals surface area contributed by atoms with Gasteiger partial charge in [-0.1, -0.05) is 6.42 Å². The van der Waals surface area contributed by atoms with Crippen LogP contribution >= 0.6 is 0 Å². The van der Waals surface area contributed by atoms with Gasteiger partial charge < -0.3 is 10.2 Å². The van der Waals surface area contributed by atoms with Gasteiger partial charge in [0.1, 0.15) is 5.25 Å². The second-order valence-electron chi connectivity index (χ2n) is 3.13. The largest absolute Gasteiger partial charge is 0.364 e. The maximum atomic E-state index is 10.6. The smallest absolute Gasteiger partial charge is 0.273 e. The van der Waals surface area contributed by atoms with Crippen LogP contribution in [0.1, 0.15) is 25.7 Å². The predicted octanol–water partition coefficient (Wildman–Crippen LogP) is -0.502. The number of hydrogen-bond donors (Lipinski definition) is 3. The molecule has 1 fully saturated rings. The molecule has 0 saturated heterocycles. The van der Waals surface area contributed by atoms with Crippen LogP contribution < -0.4 is 0 Å². The van der Waals surface area contributed by atoms with Gasteiger partial charge in [0.25, 0.3) is 10.1 Å². The minimum Gasteiger partial charge on any atom is -0.364 e. The third kappa shape index (κ3) is 1.95. The molecule has 1 aliphatic carbocycles. The molecule has 6 heteroatoms. The summed E-state index contributed by atoms with van der Waals surface area (Å²) in [4.78, 5) is 0. The van der Waals surface area contributed by atoms with E-state index >= 15 is 0 Å². The monoisotopic (exact) mass is 196 g/mol. The van der Waals surface area contributed by atoms with Crippen molar-refractivity contribution in [1.82, 2.24) is 0 Å². The van der Waals surface area contributed by atoms with E-state index < -0.39 is 21.2 Å². The molecule has 0 amide bonds. The van der Waals surface area contributed by atoms with E-state index in [9.17, 15) is 18.6 Å². The standard InChI is InChI=1S/C6H12O5S/c7-6(8)4-2-1-3-5(6)12(9,10)11/h5,7-8H,1-4H2,(H,9,10,11). The van der Waals surface area contributed by atoms with E-state index in [1.54, 1.807) is 0 Å². The fourth-order valence-corrected chi connectivity index (χ4v) is 2.55. The molecule has 0 aromatic carbocycles. The minimum absolute atomic E-state index is 0.00252. The maximum absolute atomic E-state index is 10.6. The summed E-state index contributed by atoms with van der Waals surface area (Å²) in [6.45, 7) is 0. The zero-order chi connectivity index (χ0) is 9.41. The molecule has 0 radical (unpaired) electrons.